The molecular formula is C14H18INO. The Hall–Kier alpha value is -0.580. The van der Waals surface area contributed by atoms with E-state index in [2.05, 4.69) is 36.4 Å². The molecule has 1 amide bonds. The van der Waals surface area contributed by atoms with Crippen molar-refractivity contribution in [2.24, 2.45) is 11.8 Å². The molecule has 92 valence electrons. The summed E-state index contributed by atoms with van der Waals surface area (Å²) in [7, 11) is 0. The van der Waals surface area contributed by atoms with Crippen molar-refractivity contribution in [3.05, 3.63) is 33.4 Å². The summed E-state index contributed by atoms with van der Waals surface area (Å²) in [6.07, 6.45) is 1.23. The van der Waals surface area contributed by atoms with Gasteiger partial charge in [-0.1, -0.05) is 26.0 Å². The van der Waals surface area contributed by atoms with E-state index in [-0.39, 0.29) is 5.91 Å². The normalized spacial score (nSPS) is 24.8. The van der Waals surface area contributed by atoms with Gasteiger partial charge in [-0.25, -0.2) is 0 Å². The van der Waals surface area contributed by atoms with Crippen molar-refractivity contribution >= 4 is 28.5 Å². The van der Waals surface area contributed by atoms with Crippen molar-refractivity contribution in [1.82, 2.24) is 4.90 Å². The second-order valence-electron chi connectivity index (χ2n) is 5.14. The van der Waals surface area contributed by atoms with Gasteiger partial charge in [-0.15, -0.1) is 0 Å². The third-order valence-electron chi connectivity index (χ3n) is 3.26. The number of rotatable bonds is 1. The highest BCUT2D eigenvalue weighted by Gasteiger charge is 2.26. The van der Waals surface area contributed by atoms with E-state index in [4.69, 9.17) is 0 Å². The molecule has 17 heavy (non-hydrogen) atoms. The second-order valence-corrected chi connectivity index (χ2v) is 6.30. The summed E-state index contributed by atoms with van der Waals surface area (Å²) >= 11 is 2.23. The second kappa shape index (κ2) is 5.38. The van der Waals surface area contributed by atoms with E-state index >= 15 is 0 Å². The van der Waals surface area contributed by atoms with Gasteiger partial charge in [-0.3, -0.25) is 4.79 Å². The topological polar surface area (TPSA) is 20.3 Å². The Morgan fingerprint density at radius 2 is 1.82 bits per heavy atom. The molecule has 2 rings (SSSR count). The van der Waals surface area contributed by atoms with Crippen LogP contribution in [0.25, 0.3) is 0 Å². The first-order chi connectivity index (χ1) is 8.08. The molecule has 0 N–H and O–H groups in total. The molecule has 1 aromatic carbocycles. The summed E-state index contributed by atoms with van der Waals surface area (Å²) in [5, 5.41) is 0. The molecule has 0 unspecified atom stereocenters. The van der Waals surface area contributed by atoms with E-state index in [1.807, 2.05) is 29.2 Å². The van der Waals surface area contributed by atoms with Gasteiger partial charge in [0.1, 0.15) is 0 Å². The largest absolute Gasteiger partial charge is 0.338 e. The molecule has 0 saturated carbocycles. The fraction of sp³-hybridized carbons (Fsp3) is 0.500. The maximum atomic E-state index is 12.4. The van der Waals surface area contributed by atoms with Crippen LogP contribution in [0.15, 0.2) is 24.3 Å². The number of benzene rings is 1. The molecule has 1 aliphatic heterocycles. The molecule has 1 saturated heterocycles. The van der Waals surface area contributed by atoms with Crippen LogP contribution in [0, 0.1) is 15.4 Å². The van der Waals surface area contributed by atoms with Crippen LogP contribution >= 0.6 is 22.6 Å². The molecule has 0 spiro atoms. The zero-order valence-corrected chi connectivity index (χ0v) is 12.5. The quantitative estimate of drug-likeness (QED) is 0.716. The molecule has 0 aliphatic carbocycles. The summed E-state index contributed by atoms with van der Waals surface area (Å²) in [4.78, 5) is 14.4. The SMILES string of the molecule is C[C@H]1C[C@H](C)CN(C(=O)c2ccccc2I)C1. The lowest BCUT2D eigenvalue weighted by Gasteiger charge is -2.35. The fourth-order valence-corrected chi connectivity index (χ4v) is 3.25. The van der Waals surface area contributed by atoms with Gasteiger partial charge in [0.2, 0.25) is 0 Å². The van der Waals surface area contributed by atoms with Crippen molar-refractivity contribution < 1.29 is 4.79 Å². The highest BCUT2D eigenvalue weighted by Crippen LogP contribution is 2.23. The number of hydrogen-bond acceptors (Lipinski definition) is 1. The minimum Gasteiger partial charge on any atom is -0.338 e. The van der Waals surface area contributed by atoms with Gasteiger partial charge < -0.3 is 4.90 Å². The first kappa shape index (κ1) is 12.9. The Kier molecular flexibility index (Phi) is 4.07. The Labute approximate surface area is 117 Å². The van der Waals surface area contributed by atoms with Gasteiger partial charge in [0.25, 0.3) is 5.91 Å². The average molecular weight is 343 g/mol. The minimum atomic E-state index is 0.188. The molecule has 2 atom stereocenters. The van der Waals surface area contributed by atoms with Crippen molar-refractivity contribution in [2.45, 2.75) is 20.3 Å². The van der Waals surface area contributed by atoms with Gasteiger partial charge in [0, 0.05) is 16.7 Å². The smallest absolute Gasteiger partial charge is 0.254 e. The Morgan fingerprint density at radius 1 is 1.24 bits per heavy atom. The lowest BCUT2D eigenvalue weighted by molar-refractivity contribution is 0.0622. The van der Waals surface area contributed by atoms with E-state index in [9.17, 15) is 4.79 Å². The number of nitrogens with zero attached hydrogens (tertiary/aromatic N) is 1. The summed E-state index contributed by atoms with van der Waals surface area (Å²) in [6.45, 7) is 6.25. The monoisotopic (exact) mass is 343 g/mol. The molecule has 0 aromatic heterocycles. The fourth-order valence-electron chi connectivity index (χ4n) is 2.63. The van der Waals surface area contributed by atoms with Gasteiger partial charge in [0.15, 0.2) is 0 Å². The zero-order valence-electron chi connectivity index (χ0n) is 10.3. The summed E-state index contributed by atoms with van der Waals surface area (Å²) in [5.41, 5.74) is 0.842. The average Bonchev–Trinajstić information content (AvgIpc) is 2.27. The van der Waals surface area contributed by atoms with E-state index in [1.165, 1.54) is 6.42 Å². The molecule has 2 nitrogen and oxygen atoms in total. The lowest BCUT2D eigenvalue weighted by Crippen LogP contribution is -2.42. The summed E-state index contributed by atoms with van der Waals surface area (Å²) in [6, 6.07) is 7.82. The molecule has 0 bridgehead atoms. The highest BCUT2D eigenvalue weighted by molar-refractivity contribution is 14.1. The van der Waals surface area contributed by atoms with Gasteiger partial charge >= 0.3 is 0 Å². The van der Waals surface area contributed by atoms with Crippen LogP contribution in [0.4, 0.5) is 0 Å². The summed E-state index contributed by atoms with van der Waals surface area (Å²) < 4.78 is 1.04. The Balaban J connectivity index is 2.17. The predicted molar refractivity (Wildman–Crippen MR) is 78.0 cm³/mol. The molecule has 1 heterocycles. The van der Waals surface area contributed by atoms with Gasteiger partial charge in [-0.05, 0) is 53.0 Å². The van der Waals surface area contributed by atoms with Crippen molar-refractivity contribution in [1.29, 1.82) is 0 Å². The number of piperidine rings is 1. The number of halogens is 1. The van der Waals surface area contributed by atoms with Crippen LogP contribution in [-0.2, 0) is 0 Å². The summed E-state index contributed by atoms with van der Waals surface area (Å²) in [5.74, 6) is 1.42. The maximum Gasteiger partial charge on any atom is 0.254 e. The minimum absolute atomic E-state index is 0.188. The molecule has 1 aromatic rings. The van der Waals surface area contributed by atoms with E-state index in [0.717, 1.165) is 22.2 Å². The number of hydrogen-bond donors (Lipinski definition) is 0. The number of carbonyl (C=O) groups is 1. The number of likely N-dealkylation sites (tertiary alicyclic amines) is 1. The molecular weight excluding hydrogens is 325 g/mol. The number of amides is 1. The molecule has 3 heteroatoms. The van der Waals surface area contributed by atoms with Crippen LogP contribution in [0.2, 0.25) is 0 Å². The first-order valence-corrected chi connectivity index (χ1v) is 7.19. The molecule has 0 radical (unpaired) electrons. The molecule has 1 fully saturated rings. The molecule has 1 aliphatic rings. The van der Waals surface area contributed by atoms with Crippen LogP contribution in [0.3, 0.4) is 0 Å². The van der Waals surface area contributed by atoms with Crippen molar-refractivity contribution in [3.63, 3.8) is 0 Å². The van der Waals surface area contributed by atoms with Crippen LogP contribution in [0.1, 0.15) is 30.6 Å². The van der Waals surface area contributed by atoms with Gasteiger partial charge in [-0.2, -0.15) is 0 Å². The third kappa shape index (κ3) is 3.00. The van der Waals surface area contributed by atoms with Crippen molar-refractivity contribution in [3.8, 4) is 0 Å². The van der Waals surface area contributed by atoms with Crippen LogP contribution in [-0.4, -0.2) is 23.9 Å². The lowest BCUT2D eigenvalue weighted by atomic mass is 9.91. The maximum absolute atomic E-state index is 12.4. The van der Waals surface area contributed by atoms with Gasteiger partial charge in [0.05, 0.1) is 5.56 Å². The van der Waals surface area contributed by atoms with E-state index < -0.39 is 0 Å². The van der Waals surface area contributed by atoms with E-state index in [0.29, 0.717) is 11.8 Å². The van der Waals surface area contributed by atoms with E-state index in [1.54, 1.807) is 0 Å². The zero-order chi connectivity index (χ0) is 12.4. The first-order valence-electron chi connectivity index (χ1n) is 6.11. The number of carbonyl (C=O) groups excluding carboxylic acids is 1. The Morgan fingerprint density at radius 3 is 2.41 bits per heavy atom. The highest BCUT2D eigenvalue weighted by atomic mass is 127. The Bertz CT molecular complexity index is 408. The van der Waals surface area contributed by atoms with Crippen molar-refractivity contribution in [2.75, 3.05) is 13.1 Å². The standard InChI is InChI=1S/C14H18INO/c1-10-7-11(2)9-16(8-10)14(17)12-5-3-4-6-13(12)15/h3-6,10-11H,7-9H2,1-2H3/t10-,11-/m0/s1. The third-order valence-corrected chi connectivity index (χ3v) is 4.20. The van der Waals surface area contributed by atoms with Crippen LogP contribution in [0.5, 0.6) is 0 Å². The van der Waals surface area contributed by atoms with Crippen LogP contribution < -0.4 is 0 Å². The predicted octanol–water partition coefficient (Wildman–Crippen LogP) is 3.41.